The first-order chi connectivity index (χ1) is 9.76. The molecule has 1 aliphatic heterocycles. The molecule has 0 radical (unpaired) electrons. The lowest BCUT2D eigenvalue weighted by atomic mass is 10.0. The second-order valence-electron chi connectivity index (χ2n) is 6.24. The predicted molar refractivity (Wildman–Crippen MR) is 79.7 cm³/mol. The van der Waals surface area contributed by atoms with Crippen LogP contribution in [-0.4, -0.2) is 29.3 Å². The minimum Gasteiger partial charge on any atom is -0.481 e. The number of amides is 1. The number of ether oxygens (including phenoxy) is 1. The van der Waals surface area contributed by atoms with Crippen LogP contribution in [0.25, 0.3) is 0 Å². The molecule has 0 aromatic heterocycles. The van der Waals surface area contributed by atoms with Crippen LogP contribution in [0.4, 0.5) is 10.5 Å². The number of aliphatic carboxylic acids is 1. The largest absolute Gasteiger partial charge is 0.481 e. The lowest BCUT2D eigenvalue weighted by molar-refractivity contribution is -0.136. The van der Waals surface area contributed by atoms with Crippen LogP contribution in [0.1, 0.15) is 38.3 Å². The molecule has 0 atom stereocenters. The lowest BCUT2D eigenvalue weighted by Gasteiger charge is -2.24. The summed E-state index contributed by atoms with van der Waals surface area (Å²) in [5.74, 6) is -0.800. The van der Waals surface area contributed by atoms with E-state index in [4.69, 9.17) is 9.84 Å². The van der Waals surface area contributed by atoms with Gasteiger partial charge in [0.1, 0.15) is 5.60 Å². The van der Waals surface area contributed by atoms with E-state index in [1.807, 2.05) is 39.0 Å². The number of carbonyl (C=O) groups excluding carboxylic acids is 1. The van der Waals surface area contributed by atoms with E-state index < -0.39 is 11.6 Å². The van der Waals surface area contributed by atoms with Crippen molar-refractivity contribution < 1.29 is 19.4 Å². The fourth-order valence-corrected chi connectivity index (χ4v) is 2.37. The van der Waals surface area contributed by atoms with Gasteiger partial charge in [0, 0.05) is 13.0 Å². The summed E-state index contributed by atoms with van der Waals surface area (Å²) in [7, 11) is 0. The van der Waals surface area contributed by atoms with Crippen LogP contribution in [-0.2, 0) is 22.4 Å². The van der Waals surface area contributed by atoms with E-state index in [-0.39, 0.29) is 12.5 Å². The van der Waals surface area contributed by atoms with Gasteiger partial charge in [0.15, 0.2) is 0 Å². The van der Waals surface area contributed by atoms with Gasteiger partial charge in [0.05, 0.1) is 5.69 Å². The third kappa shape index (κ3) is 3.97. The number of nitrogens with zero attached hydrogens (tertiary/aromatic N) is 1. The van der Waals surface area contributed by atoms with Crippen molar-refractivity contribution in [2.24, 2.45) is 0 Å². The quantitative estimate of drug-likeness (QED) is 0.929. The number of aryl methyl sites for hydroxylation is 1. The molecule has 2 rings (SSSR count). The Labute approximate surface area is 124 Å². The Hall–Kier alpha value is -2.04. The zero-order valence-corrected chi connectivity index (χ0v) is 12.7. The molecule has 1 amide bonds. The number of rotatable bonds is 3. The molecule has 5 nitrogen and oxygen atoms in total. The first kappa shape index (κ1) is 15.4. The summed E-state index contributed by atoms with van der Waals surface area (Å²) in [6.45, 7) is 6.14. The Morgan fingerprint density at radius 1 is 1.33 bits per heavy atom. The van der Waals surface area contributed by atoms with Crippen molar-refractivity contribution in [3.05, 3.63) is 29.3 Å². The first-order valence-electron chi connectivity index (χ1n) is 7.10. The van der Waals surface area contributed by atoms with E-state index in [0.717, 1.165) is 23.2 Å². The topological polar surface area (TPSA) is 66.8 Å². The minimum atomic E-state index is -0.800. The second kappa shape index (κ2) is 5.76. The Morgan fingerprint density at radius 2 is 2.05 bits per heavy atom. The average Bonchev–Trinajstić information content (AvgIpc) is 2.77. The highest BCUT2D eigenvalue weighted by Gasteiger charge is 2.28. The monoisotopic (exact) mass is 291 g/mol. The number of carboxylic acids is 1. The fourth-order valence-electron chi connectivity index (χ4n) is 2.37. The van der Waals surface area contributed by atoms with E-state index in [0.29, 0.717) is 13.0 Å². The van der Waals surface area contributed by atoms with Crippen LogP contribution in [0, 0.1) is 0 Å². The van der Waals surface area contributed by atoms with Gasteiger partial charge in [-0.25, -0.2) is 4.79 Å². The minimum absolute atomic E-state index is 0.120. The molecule has 0 spiro atoms. The molecular formula is C16H21NO4. The van der Waals surface area contributed by atoms with Crippen LogP contribution in [0.3, 0.4) is 0 Å². The second-order valence-corrected chi connectivity index (χ2v) is 6.24. The summed E-state index contributed by atoms with van der Waals surface area (Å²) in [5, 5.41) is 8.72. The van der Waals surface area contributed by atoms with Crippen LogP contribution < -0.4 is 4.90 Å². The molecule has 0 saturated heterocycles. The molecular weight excluding hydrogens is 270 g/mol. The Kier molecular flexibility index (Phi) is 4.21. The van der Waals surface area contributed by atoms with Crippen molar-refractivity contribution in [2.45, 2.75) is 45.6 Å². The average molecular weight is 291 g/mol. The van der Waals surface area contributed by atoms with Crippen LogP contribution in [0.5, 0.6) is 0 Å². The van der Waals surface area contributed by atoms with Gasteiger partial charge in [-0.1, -0.05) is 12.1 Å². The van der Waals surface area contributed by atoms with Crippen molar-refractivity contribution in [3.8, 4) is 0 Å². The van der Waals surface area contributed by atoms with Gasteiger partial charge in [0.2, 0.25) is 0 Å². The molecule has 21 heavy (non-hydrogen) atoms. The Bertz CT molecular complexity index is 560. The fraction of sp³-hybridized carbons (Fsp3) is 0.500. The molecule has 0 aliphatic carbocycles. The molecule has 114 valence electrons. The maximum absolute atomic E-state index is 12.1. The summed E-state index contributed by atoms with van der Waals surface area (Å²) < 4.78 is 5.40. The molecule has 1 aromatic carbocycles. The number of hydrogen-bond donors (Lipinski definition) is 1. The zero-order valence-electron chi connectivity index (χ0n) is 12.7. The predicted octanol–water partition coefficient (Wildman–Crippen LogP) is 3.00. The summed E-state index contributed by atoms with van der Waals surface area (Å²) >= 11 is 0. The van der Waals surface area contributed by atoms with Gasteiger partial charge in [-0.15, -0.1) is 0 Å². The number of hydrogen-bond acceptors (Lipinski definition) is 3. The molecule has 0 saturated carbocycles. The van der Waals surface area contributed by atoms with Gasteiger partial charge in [-0.05, 0) is 50.8 Å². The Morgan fingerprint density at radius 3 is 2.67 bits per heavy atom. The molecule has 5 heteroatoms. The van der Waals surface area contributed by atoms with Crippen LogP contribution >= 0.6 is 0 Å². The van der Waals surface area contributed by atoms with Gasteiger partial charge in [-0.3, -0.25) is 9.69 Å². The van der Waals surface area contributed by atoms with Crippen molar-refractivity contribution >= 4 is 17.7 Å². The SMILES string of the molecule is CC(C)(C)OC(=O)N1CCc2cc(CCC(=O)O)ccc21. The smallest absolute Gasteiger partial charge is 0.414 e. The molecule has 0 bridgehead atoms. The molecule has 1 heterocycles. The van der Waals surface area contributed by atoms with Gasteiger partial charge < -0.3 is 9.84 Å². The van der Waals surface area contributed by atoms with E-state index in [2.05, 4.69) is 0 Å². The van der Waals surface area contributed by atoms with Gasteiger partial charge in [0.25, 0.3) is 0 Å². The van der Waals surface area contributed by atoms with Gasteiger partial charge in [-0.2, -0.15) is 0 Å². The molecule has 1 N–H and O–H groups in total. The number of fused-ring (bicyclic) bond motifs is 1. The molecule has 0 fully saturated rings. The number of carboxylic acid groups (broad SMARTS) is 1. The maximum Gasteiger partial charge on any atom is 0.414 e. The van der Waals surface area contributed by atoms with E-state index in [1.54, 1.807) is 4.90 Å². The van der Waals surface area contributed by atoms with E-state index in [1.165, 1.54) is 0 Å². The number of anilines is 1. The summed E-state index contributed by atoms with van der Waals surface area (Å²) in [4.78, 5) is 24.4. The summed E-state index contributed by atoms with van der Waals surface area (Å²) in [5.41, 5.74) is 2.41. The van der Waals surface area contributed by atoms with Crippen molar-refractivity contribution in [2.75, 3.05) is 11.4 Å². The molecule has 1 aliphatic rings. The van der Waals surface area contributed by atoms with Crippen molar-refractivity contribution in [3.63, 3.8) is 0 Å². The normalized spacial score (nSPS) is 14.0. The third-order valence-electron chi connectivity index (χ3n) is 3.28. The first-order valence-corrected chi connectivity index (χ1v) is 7.10. The molecule has 0 unspecified atom stereocenters. The molecule has 1 aromatic rings. The highest BCUT2D eigenvalue weighted by atomic mass is 16.6. The lowest BCUT2D eigenvalue weighted by Crippen LogP contribution is -2.35. The highest BCUT2D eigenvalue weighted by molar-refractivity contribution is 5.90. The van der Waals surface area contributed by atoms with Gasteiger partial charge >= 0.3 is 12.1 Å². The number of carbonyl (C=O) groups is 2. The standard InChI is InChI=1S/C16H21NO4/c1-16(2,3)21-15(20)17-9-8-12-10-11(4-6-13(12)17)5-7-14(18)19/h4,6,10H,5,7-9H2,1-3H3,(H,18,19). The van der Waals surface area contributed by atoms with E-state index in [9.17, 15) is 9.59 Å². The number of benzene rings is 1. The van der Waals surface area contributed by atoms with Crippen LogP contribution in [0.2, 0.25) is 0 Å². The van der Waals surface area contributed by atoms with Crippen molar-refractivity contribution in [1.82, 2.24) is 0 Å². The van der Waals surface area contributed by atoms with Crippen molar-refractivity contribution in [1.29, 1.82) is 0 Å². The maximum atomic E-state index is 12.1. The van der Waals surface area contributed by atoms with Crippen LogP contribution in [0.15, 0.2) is 18.2 Å². The zero-order chi connectivity index (χ0) is 15.6. The summed E-state index contributed by atoms with van der Waals surface area (Å²) in [6.07, 6.45) is 1.07. The van der Waals surface area contributed by atoms with E-state index >= 15 is 0 Å². The summed E-state index contributed by atoms with van der Waals surface area (Å²) in [6, 6.07) is 5.75. The Balaban J connectivity index is 2.10. The highest BCUT2D eigenvalue weighted by Crippen LogP contribution is 2.30. The third-order valence-corrected chi connectivity index (χ3v) is 3.28.